The van der Waals surface area contributed by atoms with Gasteiger partial charge >= 0.3 is 0 Å². The number of benzene rings is 2. The fourth-order valence-corrected chi connectivity index (χ4v) is 6.84. The number of quaternary nitrogens is 2. The first-order valence-corrected chi connectivity index (χ1v) is 17.1. The first kappa shape index (κ1) is 37.4. The van der Waals surface area contributed by atoms with Gasteiger partial charge in [0, 0.05) is 76.2 Å². The molecule has 1 heterocycles. The van der Waals surface area contributed by atoms with Crippen LogP contribution in [0.4, 0.5) is 11.4 Å². The molecule has 10 heteroatoms. The third-order valence-electron chi connectivity index (χ3n) is 7.86. The van der Waals surface area contributed by atoms with E-state index in [-0.39, 0.29) is 0 Å². The van der Waals surface area contributed by atoms with Crippen molar-refractivity contribution in [3.8, 4) is 11.5 Å². The molecular formula is C32H55N4O5P. The first-order valence-electron chi connectivity index (χ1n) is 15.3. The number of nitrogens with one attached hydrogen (secondary N) is 2. The predicted molar refractivity (Wildman–Crippen MR) is 171 cm³/mol. The maximum absolute atomic E-state index is 13.1. The Bertz CT molecular complexity index is 1070. The number of nitrogens with zero attached hydrogens (tertiary/aromatic N) is 2. The van der Waals surface area contributed by atoms with E-state index in [1.165, 1.54) is 39.3 Å². The highest BCUT2D eigenvalue weighted by molar-refractivity contribution is 7.57. The summed E-state index contributed by atoms with van der Waals surface area (Å²) < 4.78 is 19.2. The minimum Gasteiger partial charge on any atom is -0.799 e. The molecule has 9 nitrogen and oxygen atoms in total. The number of ether oxygens (including phenoxy) is 1. The molecule has 0 fully saturated rings. The maximum Gasteiger partial charge on any atom is 0.133 e. The molecule has 2 N–H and O–H groups in total. The molecule has 0 aliphatic carbocycles. The van der Waals surface area contributed by atoms with Crippen molar-refractivity contribution in [3.05, 3.63) is 47.5 Å². The fraction of sp³-hybridized carbons (Fsp3) is 0.594. The topological polar surface area (TPSA) is 105 Å². The molecule has 0 saturated carbocycles. The predicted octanol–water partition coefficient (Wildman–Crippen LogP) is 1.65. The van der Waals surface area contributed by atoms with E-state index in [1.54, 1.807) is 34.1 Å². The van der Waals surface area contributed by atoms with Crippen molar-refractivity contribution in [1.82, 2.24) is 0 Å². The summed E-state index contributed by atoms with van der Waals surface area (Å²) in [6.07, 6.45) is -1.00. The lowest BCUT2D eigenvalue weighted by Crippen LogP contribution is -3.11. The average Bonchev–Trinajstić information content (AvgIpc) is 2.96. The molecule has 2 aromatic rings. The second-order valence-electron chi connectivity index (χ2n) is 10.9. The van der Waals surface area contributed by atoms with Crippen LogP contribution in [0.5, 0.6) is 11.5 Å². The minimum atomic E-state index is -4.14. The summed E-state index contributed by atoms with van der Waals surface area (Å²) >= 11 is 0. The van der Waals surface area contributed by atoms with Gasteiger partial charge in [-0.15, -0.1) is 0 Å². The Hall–Kier alpha value is -2.58. The lowest BCUT2D eigenvalue weighted by Gasteiger charge is -2.38. The van der Waals surface area contributed by atoms with Crippen molar-refractivity contribution in [2.45, 2.75) is 53.6 Å². The number of carbonyl (C=O) groups excluding carboxylic acids is 1. The molecule has 0 radical (unpaired) electrons. The molecule has 0 aromatic heterocycles. The smallest absolute Gasteiger partial charge is 0.133 e. The molecule has 238 valence electrons. The number of fused-ring (bicyclic) bond motifs is 2. The summed E-state index contributed by atoms with van der Waals surface area (Å²) in [5.41, 5.74) is 1.83. The quantitative estimate of drug-likeness (QED) is 0.354. The van der Waals surface area contributed by atoms with Gasteiger partial charge in [-0.25, -0.2) is 0 Å². The molecule has 1 aliphatic heterocycles. The summed E-state index contributed by atoms with van der Waals surface area (Å²) in [7, 11) is 3.41. The molecule has 0 spiro atoms. The van der Waals surface area contributed by atoms with Crippen LogP contribution in [0.3, 0.4) is 0 Å². The van der Waals surface area contributed by atoms with Gasteiger partial charge in [0.2, 0.25) is 0 Å². The number of aliphatic carboxylic acids is 1. The van der Waals surface area contributed by atoms with Gasteiger partial charge in [0.25, 0.3) is 0 Å². The van der Waals surface area contributed by atoms with Crippen molar-refractivity contribution >= 4 is 24.7 Å². The van der Waals surface area contributed by atoms with Crippen LogP contribution in [-0.2, 0) is 9.36 Å². The molecular weight excluding hydrogens is 551 g/mol. The van der Waals surface area contributed by atoms with Gasteiger partial charge in [0.15, 0.2) is 0 Å². The van der Waals surface area contributed by atoms with Crippen LogP contribution in [0.25, 0.3) is 0 Å². The molecule has 42 heavy (non-hydrogen) atoms. The van der Waals surface area contributed by atoms with Crippen LogP contribution >= 0.6 is 7.37 Å². The molecule has 0 bridgehead atoms. The SMILES string of the molecule is CC[NH+](CC)CC.CC[NH+](CC)CC.CN(C)c1ccc2c(c1)Oc1cc(N(C)C)ccc1C2P(=O)([O-])CCC(=O)[O-]. The highest BCUT2D eigenvalue weighted by Crippen LogP contribution is 2.62. The summed E-state index contributed by atoms with van der Waals surface area (Å²) in [6.45, 7) is 21.0. The van der Waals surface area contributed by atoms with E-state index in [4.69, 9.17) is 4.74 Å². The van der Waals surface area contributed by atoms with Gasteiger partial charge in [-0.05, 0) is 66.3 Å². The standard InChI is InChI=1S/C20H25N2O5P.2C6H15N/c1-21(2)13-5-7-15-17(11-13)27-18-12-14(22(3)4)6-8-16(18)20(15)28(25,26)10-9-19(23)24;2*1-4-7(5-2)6-3/h5-8,11-12,20H,9-10H2,1-4H3,(H,23,24)(H,25,26);2*4-6H2,1-3H3. The number of hydrogen-bond donors (Lipinski definition) is 2. The minimum absolute atomic E-state index is 0.462. The van der Waals surface area contributed by atoms with Crippen molar-refractivity contribution in [3.63, 3.8) is 0 Å². The highest BCUT2D eigenvalue weighted by atomic mass is 31.2. The van der Waals surface area contributed by atoms with Gasteiger partial charge in [-0.2, -0.15) is 0 Å². The van der Waals surface area contributed by atoms with Crippen LogP contribution in [0.1, 0.15) is 64.7 Å². The molecule has 2 aromatic carbocycles. The van der Waals surface area contributed by atoms with E-state index in [1.807, 2.05) is 50.1 Å². The third-order valence-corrected chi connectivity index (χ3v) is 10.0. The zero-order valence-corrected chi connectivity index (χ0v) is 28.5. The Balaban J connectivity index is 0.000000522. The molecule has 1 aliphatic rings. The van der Waals surface area contributed by atoms with Crippen molar-refractivity contribution in [2.75, 3.05) is 83.4 Å². The number of hydrogen-bond acceptors (Lipinski definition) is 7. The number of anilines is 2. The van der Waals surface area contributed by atoms with E-state index in [0.717, 1.165) is 11.4 Å². The van der Waals surface area contributed by atoms with Gasteiger partial charge in [0.05, 0.1) is 44.9 Å². The molecule has 3 rings (SSSR count). The van der Waals surface area contributed by atoms with E-state index in [0.29, 0.717) is 22.6 Å². The summed E-state index contributed by atoms with van der Waals surface area (Å²) in [5, 5.41) is 10.9. The zero-order chi connectivity index (χ0) is 32.0. The van der Waals surface area contributed by atoms with Gasteiger partial charge in [0.1, 0.15) is 11.5 Å². The Morgan fingerprint density at radius 3 is 1.38 bits per heavy atom. The van der Waals surface area contributed by atoms with Gasteiger partial charge in [-0.1, -0.05) is 12.1 Å². The van der Waals surface area contributed by atoms with Crippen molar-refractivity contribution < 1.29 is 33.9 Å². The van der Waals surface area contributed by atoms with Gasteiger partial charge in [-0.3, -0.25) is 0 Å². The number of carbonyl (C=O) groups is 1. The van der Waals surface area contributed by atoms with E-state index >= 15 is 0 Å². The molecule has 0 amide bonds. The number of rotatable bonds is 12. The Morgan fingerprint density at radius 1 is 0.762 bits per heavy atom. The Kier molecular flexibility index (Phi) is 16.2. The summed E-state index contributed by atoms with van der Waals surface area (Å²) in [4.78, 5) is 31.1. The third kappa shape index (κ3) is 10.9. The Morgan fingerprint density at radius 2 is 1.12 bits per heavy atom. The summed E-state index contributed by atoms with van der Waals surface area (Å²) in [6, 6.07) is 10.7. The van der Waals surface area contributed by atoms with Crippen LogP contribution < -0.4 is 34.3 Å². The molecule has 1 atom stereocenters. The largest absolute Gasteiger partial charge is 0.799 e. The lowest BCUT2D eigenvalue weighted by atomic mass is 9.98. The molecule has 1 unspecified atom stereocenters. The van der Waals surface area contributed by atoms with E-state index in [9.17, 15) is 19.4 Å². The van der Waals surface area contributed by atoms with Crippen molar-refractivity contribution in [1.29, 1.82) is 0 Å². The summed E-state index contributed by atoms with van der Waals surface area (Å²) in [5.74, 6) is -0.456. The number of carboxylic acids is 1. The molecule has 0 saturated heterocycles. The normalized spacial score (nSPS) is 13.5. The van der Waals surface area contributed by atoms with Crippen LogP contribution in [0, 0.1) is 0 Å². The lowest BCUT2D eigenvalue weighted by molar-refractivity contribution is -0.894. The fourth-order valence-electron chi connectivity index (χ4n) is 4.82. The monoisotopic (exact) mass is 606 g/mol. The van der Waals surface area contributed by atoms with E-state index in [2.05, 4.69) is 41.5 Å². The second kappa shape index (κ2) is 18.2. The average molecular weight is 607 g/mol. The Labute approximate surface area is 254 Å². The van der Waals surface area contributed by atoms with Gasteiger partial charge < -0.3 is 43.7 Å². The van der Waals surface area contributed by atoms with Crippen LogP contribution in [0.15, 0.2) is 36.4 Å². The van der Waals surface area contributed by atoms with Crippen LogP contribution in [0.2, 0.25) is 0 Å². The van der Waals surface area contributed by atoms with Crippen LogP contribution in [-0.4, -0.2) is 79.6 Å². The highest BCUT2D eigenvalue weighted by Gasteiger charge is 2.35. The maximum atomic E-state index is 13.1. The zero-order valence-electron chi connectivity index (χ0n) is 27.6. The van der Waals surface area contributed by atoms with Crippen molar-refractivity contribution in [2.24, 2.45) is 0 Å². The van der Waals surface area contributed by atoms with E-state index < -0.39 is 31.6 Å². The first-order chi connectivity index (χ1) is 19.8. The number of carboxylic acid groups (broad SMARTS) is 1. The second-order valence-corrected chi connectivity index (χ2v) is 13.3.